The highest BCUT2D eigenvalue weighted by atomic mass is 16.6. The molecule has 2 aliphatic heterocycles. The number of aryl methyl sites for hydroxylation is 1. The third-order valence-electron chi connectivity index (χ3n) is 6.88. The fraction of sp³-hybridized carbons (Fsp3) is 0.194. The van der Waals surface area contributed by atoms with Crippen molar-refractivity contribution in [3.8, 4) is 23.0 Å². The second kappa shape index (κ2) is 11.0. The summed E-state index contributed by atoms with van der Waals surface area (Å²) in [4.78, 5) is 32.4. The van der Waals surface area contributed by atoms with E-state index in [4.69, 9.17) is 14.2 Å². The van der Waals surface area contributed by atoms with Crippen LogP contribution in [-0.4, -0.2) is 51.0 Å². The summed E-state index contributed by atoms with van der Waals surface area (Å²) < 4.78 is 19.2. The molecule has 1 atom stereocenters. The Bertz CT molecular complexity index is 1570. The molecular formula is C31H27N3O6. The molecular weight excluding hydrogens is 510 g/mol. The Labute approximate surface area is 230 Å². The summed E-state index contributed by atoms with van der Waals surface area (Å²) in [7, 11) is 0. The van der Waals surface area contributed by atoms with Crippen LogP contribution in [-0.2, 0) is 16.1 Å². The molecule has 3 heterocycles. The second-order valence-electron chi connectivity index (χ2n) is 9.49. The molecule has 1 saturated heterocycles. The number of hydrogen-bond acceptors (Lipinski definition) is 7. The van der Waals surface area contributed by atoms with E-state index >= 15 is 0 Å². The number of Topliss-reactive ketones (excluding diaryl/α,β-unsaturated/α-hetero) is 1. The SMILES string of the molecule is O=C1C(=O)N(CCCn2ccnc2)C(c2cccc(Oc3ccccc3)c2)/C1=C(/O)c1ccc2c(c1)OCCO2. The van der Waals surface area contributed by atoms with Crippen molar-refractivity contribution in [2.75, 3.05) is 19.8 Å². The number of amides is 1. The minimum absolute atomic E-state index is 0.0150. The van der Waals surface area contributed by atoms with Crippen LogP contribution in [0.4, 0.5) is 0 Å². The van der Waals surface area contributed by atoms with Crippen LogP contribution < -0.4 is 14.2 Å². The average Bonchev–Trinajstić information content (AvgIpc) is 3.59. The molecule has 1 unspecified atom stereocenters. The van der Waals surface area contributed by atoms with E-state index in [0.717, 1.165) is 0 Å². The van der Waals surface area contributed by atoms with Crippen molar-refractivity contribution < 1.29 is 28.9 Å². The Kier molecular flexibility index (Phi) is 6.93. The lowest BCUT2D eigenvalue weighted by atomic mass is 9.95. The summed E-state index contributed by atoms with van der Waals surface area (Å²) in [6.07, 6.45) is 5.83. The van der Waals surface area contributed by atoms with Crippen LogP contribution in [0.1, 0.15) is 23.6 Å². The van der Waals surface area contributed by atoms with Gasteiger partial charge in [0.05, 0.1) is 17.9 Å². The predicted octanol–water partition coefficient (Wildman–Crippen LogP) is 4.96. The quantitative estimate of drug-likeness (QED) is 0.193. The van der Waals surface area contributed by atoms with Crippen molar-refractivity contribution in [1.82, 2.24) is 14.5 Å². The zero-order chi connectivity index (χ0) is 27.5. The van der Waals surface area contributed by atoms with Gasteiger partial charge in [-0.2, -0.15) is 0 Å². The average molecular weight is 538 g/mol. The first-order chi connectivity index (χ1) is 19.6. The number of rotatable bonds is 8. The number of likely N-dealkylation sites (tertiary alicyclic amines) is 1. The molecule has 0 saturated carbocycles. The fourth-order valence-electron chi connectivity index (χ4n) is 5.02. The highest BCUT2D eigenvalue weighted by Crippen LogP contribution is 2.42. The molecule has 2 aliphatic rings. The Morgan fingerprint density at radius 3 is 2.52 bits per heavy atom. The highest BCUT2D eigenvalue weighted by molar-refractivity contribution is 6.46. The van der Waals surface area contributed by atoms with Gasteiger partial charge in [0.2, 0.25) is 0 Å². The van der Waals surface area contributed by atoms with Gasteiger partial charge in [-0.15, -0.1) is 0 Å². The lowest BCUT2D eigenvalue weighted by Gasteiger charge is -2.26. The van der Waals surface area contributed by atoms with Gasteiger partial charge in [0.25, 0.3) is 11.7 Å². The summed E-state index contributed by atoms with van der Waals surface area (Å²) >= 11 is 0. The van der Waals surface area contributed by atoms with E-state index in [1.54, 1.807) is 36.8 Å². The summed E-state index contributed by atoms with van der Waals surface area (Å²) in [5.74, 6) is 0.562. The zero-order valence-corrected chi connectivity index (χ0v) is 21.6. The fourth-order valence-corrected chi connectivity index (χ4v) is 5.02. The first kappa shape index (κ1) is 25.2. The zero-order valence-electron chi connectivity index (χ0n) is 21.6. The molecule has 1 amide bonds. The smallest absolute Gasteiger partial charge is 0.295 e. The third kappa shape index (κ3) is 5.01. The van der Waals surface area contributed by atoms with E-state index in [-0.39, 0.29) is 11.3 Å². The molecule has 202 valence electrons. The maximum absolute atomic E-state index is 13.5. The number of aliphatic hydroxyl groups is 1. The molecule has 3 aromatic carbocycles. The molecule has 9 heteroatoms. The van der Waals surface area contributed by atoms with Gasteiger partial charge in [-0.05, 0) is 54.4 Å². The Morgan fingerprint density at radius 2 is 1.73 bits per heavy atom. The molecule has 1 aromatic heterocycles. The van der Waals surface area contributed by atoms with E-state index in [9.17, 15) is 14.7 Å². The van der Waals surface area contributed by atoms with E-state index in [2.05, 4.69) is 4.98 Å². The van der Waals surface area contributed by atoms with Crippen molar-refractivity contribution in [1.29, 1.82) is 0 Å². The summed E-state index contributed by atoms with van der Waals surface area (Å²) in [6.45, 7) is 1.74. The normalized spacial score (nSPS) is 17.7. The molecule has 9 nitrogen and oxygen atoms in total. The summed E-state index contributed by atoms with van der Waals surface area (Å²) in [6, 6.07) is 20.7. The van der Waals surface area contributed by atoms with E-state index in [1.165, 1.54) is 4.90 Å². The van der Waals surface area contributed by atoms with Crippen molar-refractivity contribution in [3.63, 3.8) is 0 Å². The molecule has 40 heavy (non-hydrogen) atoms. The van der Waals surface area contributed by atoms with E-state index in [0.29, 0.717) is 66.8 Å². The number of ketones is 1. The van der Waals surface area contributed by atoms with Crippen molar-refractivity contribution in [2.24, 2.45) is 0 Å². The topological polar surface area (TPSA) is 103 Å². The highest BCUT2D eigenvalue weighted by Gasteiger charge is 2.46. The van der Waals surface area contributed by atoms with Crippen LogP contribution >= 0.6 is 0 Å². The predicted molar refractivity (Wildman–Crippen MR) is 146 cm³/mol. The number of aliphatic hydroxyl groups excluding tert-OH is 1. The monoisotopic (exact) mass is 537 g/mol. The molecule has 6 rings (SSSR count). The summed E-state index contributed by atoms with van der Waals surface area (Å²) in [5.41, 5.74) is 1.03. The third-order valence-corrected chi connectivity index (χ3v) is 6.88. The first-order valence-corrected chi connectivity index (χ1v) is 13.1. The van der Waals surface area contributed by atoms with Gasteiger partial charge in [-0.1, -0.05) is 30.3 Å². The van der Waals surface area contributed by atoms with Crippen LogP contribution in [0, 0.1) is 0 Å². The van der Waals surface area contributed by atoms with Crippen molar-refractivity contribution in [3.05, 3.63) is 108 Å². The maximum atomic E-state index is 13.5. The molecule has 0 radical (unpaired) electrons. The number of ether oxygens (including phenoxy) is 3. The molecule has 0 bridgehead atoms. The van der Waals surface area contributed by atoms with Gasteiger partial charge in [0, 0.05) is 31.0 Å². The van der Waals surface area contributed by atoms with E-state index < -0.39 is 17.7 Å². The minimum Gasteiger partial charge on any atom is -0.507 e. The van der Waals surface area contributed by atoms with Crippen molar-refractivity contribution in [2.45, 2.75) is 19.0 Å². The number of benzene rings is 3. The first-order valence-electron chi connectivity index (χ1n) is 13.1. The van der Waals surface area contributed by atoms with Crippen molar-refractivity contribution >= 4 is 17.4 Å². The summed E-state index contributed by atoms with van der Waals surface area (Å²) in [5, 5.41) is 11.5. The molecule has 0 spiro atoms. The number of nitrogens with zero attached hydrogens (tertiary/aromatic N) is 3. The van der Waals surface area contributed by atoms with E-state index in [1.807, 2.05) is 59.3 Å². The van der Waals surface area contributed by atoms with Crippen LogP contribution in [0.15, 0.2) is 97.1 Å². The largest absolute Gasteiger partial charge is 0.507 e. The Hall–Kier alpha value is -5.05. The molecule has 4 aromatic rings. The van der Waals surface area contributed by atoms with Crippen LogP contribution in [0.2, 0.25) is 0 Å². The molecule has 1 fully saturated rings. The number of hydrogen-bond donors (Lipinski definition) is 1. The number of carbonyl (C=O) groups is 2. The van der Waals surface area contributed by atoms with Gasteiger partial charge < -0.3 is 28.8 Å². The molecule has 1 N–H and O–H groups in total. The van der Waals surface area contributed by atoms with Gasteiger partial charge in [0.1, 0.15) is 30.5 Å². The van der Waals surface area contributed by atoms with Gasteiger partial charge in [0.15, 0.2) is 11.5 Å². The van der Waals surface area contributed by atoms with Gasteiger partial charge in [-0.3, -0.25) is 9.59 Å². The van der Waals surface area contributed by atoms with Crippen LogP contribution in [0.3, 0.4) is 0 Å². The lowest BCUT2D eigenvalue weighted by molar-refractivity contribution is -0.139. The number of aromatic nitrogens is 2. The van der Waals surface area contributed by atoms with Crippen LogP contribution in [0.25, 0.3) is 5.76 Å². The lowest BCUT2D eigenvalue weighted by Crippen LogP contribution is -2.31. The Balaban J connectivity index is 1.38. The van der Waals surface area contributed by atoms with Gasteiger partial charge >= 0.3 is 0 Å². The number of fused-ring (bicyclic) bond motifs is 1. The second-order valence-corrected chi connectivity index (χ2v) is 9.49. The maximum Gasteiger partial charge on any atom is 0.295 e. The van der Waals surface area contributed by atoms with Crippen LogP contribution in [0.5, 0.6) is 23.0 Å². The molecule has 0 aliphatic carbocycles. The number of carbonyl (C=O) groups excluding carboxylic acids is 2. The standard InChI is InChI=1S/C31H27N3O6/c35-29(22-10-11-25-26(19-22)39-17-16-38-25)27-28(21-6-4-9-24(18-21)40-23-7-2-1-3-8-23)34(31(37)30(27)36)14-5-13-33-15-12-32-20-33/h1-4,6-12,15,18-20,28,35H,5,13-14,16-17H2/b29-27-. The Morgan fingerprint density at radius 1 is 0.925 bits per heavy atom. The van der Waals surface area contributed by atoms with Gasteiger partial charge in [-0.25, -0.2) is 4.98 Å². The minimum atomic E-state index is -0.810. The number of imidazole rings is 1. The number of para-hydroxylation sites is 1.